The van der Waals surface area contributed by atoms with Crippen LogP contribution in [0.25, 0.3) is 11.5 Å². The van der Waals surface area contributed by atoms with Crippen molar-refractivity contribution in [2.45, 2.75) is 25.7 Å². The van der Waals surface area contributed by atoms with Gasteiger partial charge in [-0.2, -0.15) is 4.98 Å². The molecule has 0 aromatic carbocycles. The fourth-order valence-corrected chi connectivity index (χ4v) is 2.27. The number of piperidine rings is 1. The molecule has 2 aromatic heterocycles. The Balaban J connectivity index is 1.84. The van der Waals surface area contributed by atoms with Crippen LogP contribution in [0.1, 0.15) is 30.1 Å². The minimum Gasteiger partial charge on any atom is -0.334 e. The van der Waals surface area contributed by atoms with Crippen LogP contribution in [-0.2, 0) is 0 Å². The molecule has 3 heterocycles. The molecular weight excluding hydrogens is 228 g/mol. The fourth-order valence-electron chi connectivity index (χ4n) is 2.27. The molecule has 1 fully saturated rings. The Labute approximate surface area is 106 Å². The van der Waals surface area contributed by atoms with Gasteiger partial charge in [-0.25, -0.2) is 0 Å². The van der Waals surface area contributed by atoms with Gasteiger partial charge in [0.1, 0.15) is 0 Å². The molecule has 5 nitrogen and oxygen atoms in total. The molecule has 1 saturated heterocycles. The van der Waals surface area contributed by atoms with E-state index in [4.69, 9.17) is 4.52 Å². The van der Waals surface area contributed by atoms with Crippen LogP contribution in [0.5, 0.6) is 0 Å². The Morgan fingerprint density at radius 2 is 2.11 bits per heavy atom. The van der Waals surface area contributed by atoms with Crippen molar-refractivity contribution in [3.8, 4) is 11.5 Å². The molecule has 0 spiro atoms. The van der Waals surface area contributed by atoms with Gasteiger partial charge in [0.15, 0.2) is 5.82 Å². The predicted molar refractivity (Wildman–Crippen MR) is 67.1 cm³/mol. The number of nitrogens with zero attached hydrogens (tertiary/aromatic N) is 3. The topological polar surface area (TPSA) is 63.8 Å². The van der Waals surface area contributed by atoms with E-state index in [0.29, 0.717) is 11.8 Å². The van der Waals surface area contributed by atoms with E-state index < -0.39 is 0 Å². The highest BCUT2D eigenvalue weighted by Gasteiger charge is 2.21. The number of aryl methyl sites for hydroxylation is 1. The van der Waals surface area contributed by atoms with Crippen molar-refractivity contribution in [2.75, 3.05) is 13.1 Å². The van der Waals surface area contributed by atoms with E-state index in [1.807, 2.05) is 19.2 Å². The van der Waals surface area contributed by atoms with Gasteiger partial charge >= 0.3 is 0 Å². The van der Waals surface area contributed by atoms with Crippen molar-refractivity contribution in [1.82, 2.24) is 20.4 Å². The summed E-state index contributed by atoms with van der Waals surface area (Å²) in [6.07, 6.45) is 5.72. The van der Waals surface area contributed by atoms with E-state index in [0.717, 1.165) is 42.9 Å². The molecule has 94 valence electrons. The molecular formula is C13H16N4O. The maximum atomic E-state index is 5.34. The van der Waals surface area contributed by atoms with E-state index in [1.165, 1.54) is 0 Å². The maximum absolute atomic E-state index is 5.34. The number of rotatable bonds is 2. The molecule has 18 heavy (non-hydrogen) atoms. The molecule has 0 atom stereocenters. The molecule has 2 aromatic rings. The second-order valence-electron chi connectivity index (χ2n) is 4.73. The quantitative estimate of drug-likeness (QED) is 0.874. The minimum atomic E-state index is 0.418. The zero-order valence-electron chi connectivity index (χ0n) is 10.4. The first kappa shape index (κ1) is 11.3. The highest BCUT2D eigenvalue weighted by Crippen LogP contribution is 2.25. The molecule has 0 aliphatic carbocycles. The monoisotopic (exact) mass is 244 g/mol. The molecule has 1 N–H and O–H groups in total. The first-order chi connectivity index (χ1) is 8.83. The lowest BCUT2D eigenvalue weighted by Gasteiger charge is -2.18. The van der Waals surface area contributed by atoms with Crippen molar-refractivity contribution >= 4 is 0 Å². The third-order valence-corrected chi connectivity index (χ3v) is 3.27. The predicted octanol–water partition coefficient (Wildman–Crippen LogP) is 1.91. The Hall–Kier alpha value is -1.75. The van der Waals surface area contributed by atoms with Crippen LogP contribution in [0.3, 0.4) is 0 Å². The van der Waals surface area contributed by atoms with Gasteiger partial charge in [0.05, 0.1) is 5.56 Å². The van der Waals surface area contributed by atoms with Crippen molar-refractivity contribution in [1.29, 1.82) is 0 Å². The van der Waals surface area contributed by atoms with Crippen LogP contribution in [0.4, 0.5) is 0 Å². The molecule has 3 rings (SSSR count). The Morgan fingerprint density at radius 1 is 1.28 bits per heavy atom. The number of aromatic nitrogens is 3. The zero-order chi connectivity index (χ0) is 12.4. The number of hydrogen-bond acceptors (Lipinski definition) is 5. The Kier molecular flexibility index (Phi) is 3.06. The summed E-state index contributed by atoms with van der Waals surface area (Å²) in [6.45, 7) is 4.06. The first-order valence-corrected chi connectivity index (χ1v) is 6.29. The molecule has 0 bridgehead atoms. The molecule has 0 saturated carbocycles. The van der Waals surface area contributed by atoms with Crippen LogP contribution in [0.2, 0.25) is 0 Å². The summed E-state index contributed by atoms with van der Waals surface area (Å²) in [7, 11) is 0. The summed E-state index contributed by atoms with van der Waals surface area (Å²) in [6, 6.07) is 2.01. The summed E-state index contributed by atoms with van der Waals surface area (Å²) in [5.74, 6) is 1.81. The lowest BCUT2D eigenvalue weighted by Crippen LogP contribution is -2.27. The van der Waals surface area contributed by atoms with E-state index in [2.05, 4.69) is 20.4 Å². The van der Waals surface area contributed by atoms with Gasteiger partial charge in [-0.3, -0.25) is 4.98 Å². The average molecular weight is 244 g/mol. The smallest absolute Gasteiger partial charge is 0.259 e. The van der Waals surface area contributed by atoms with Crippen molar-refractivity contribution in [3.05, 3.63) is 29.8 Å². The van der Waals surface area contributed by atoms with Gasteiger partial charge in [0.25, 0.3) is 5.89 Å². The Bertz CT molecular complexity index is 531. The highest BCUT2D eigenvalue weighted by molar-refractivity contribution is 5.51. The molecule has 5 heteroatoms. The molecule has 0 radical (unpaired) electrons. The molecule has 1 aliphatic rings. The third kappa shape index (κ3) is 2.26. The lowest BCUT2D eigenvalue weighted by molar-refractivity contribution is 0.392. The third-order valence-electron chi connectivity index (χ3n) is 3.27. The summed E-state index contributed by atoms with van der Waals surface area (Å²) >= 11 is 0. The number of nitrogens with one attached hydrogen (secondary N) is 1. The van der Waals surface area contributed by atoms with E-state index in [1.54, 1.807) is 6.20 Å². The second kappa shape index (κ2) is 4.86. The highest BCUT2D eigenvalue weighted by atomic mass is 16.5. The van der Waals surface area contributed by atoms with Crippen molar-refractivity contribution in [3.63, 3.8) is 0 Å². The summed E-state index contributed by atoms with van der Waals surface area (Å²) < 4.78 is 5.34. The van der Waals surface area contributed by atoms with Gasteiger partial charge in [-0.1, -0.05) is 5.16 Å². The van der Waals surface area contributed by atoms with E-state index in [-0.39, 0.29) is 0 Å². The normalized spacial score (nSPS) is 16.9. The van der Waals surface area contributed by atoms with Gasteiger partial charge in [0, 0.05) is 18.3 Å². The van der Waals surface area contributed by atoms with Gasteiger partial charge in [0.2, 0.25) is 0 Å². The number of hydrogen-bond donors (Lipinski definition) is 1. The zero-order valence-corrected chi connectivity index (χ0v) is 10.4. The van der Waals surface area contributed by atoms with Crippen molar-refractivity contribution in [2.24, 2.45) is 0 Å². The molecule has 1 aliphatic heterocycles. The summed E-state index contributed by atoms with van der Waals surface area (Å²) in [4.78, 5) is 8.64. The molecule has 0 amide bonds. The van der Waals surface area contributed by atoms with E-state index >= 15 is 0 Å². The summed E-state index contributed by atoms with van der Waals surface area (Å²) in [5.41, 5.74) is 1.98. The van der Waals surface area contributed by atoms with Crippen LogP contribution >= 0.6 is 0 Å². The number of pyridine rings is 1. The van der Waals surface area contributed by atoms with Crippen LogP contribution < -0.4 is 5.32 Å². The first-order valence-electron chi connectivity index (χ1n) is 6.29. The molecule has 0 unspecified atom stereocenters. The van der Waals surface area contributed by atoms with Crippen LogP contribution in [0.15, 0.2) is 23.0 Å². The lowest BCUT2D eigenvalue weighted by atomic mass is 9.98. The fraction of sp³-hybridized carbons (Fsp3) is 0.462. The SMILES string of the molecule is Cc1cncc(-c2nc(C3CCNCC3)no2)c1. The Morgan fingerprint density at radius 3 is 2.89 bits per heavy atom. The standard InChI is InChI=1S/C13H16N4O/c1-9-6-11(8-15-7-9)13-16-12(17-18-13)10-2-4-14-5-3-10/h6-8,10,14H,2-5H2,1H3. The van der Waals surface area contributed by atoms with Crippen LogP contribution in [0, 0.1) is 6.92 Å². The van der Waals surface area contributed by atoms with Crippen LogP contribution in [-0.4, -0.2) is 28.2 Å². The van der Waals surface area contributed by atoms with Gasteiger partial charge < -0.3 is 9.84 Å². The maximum Gasteiger partial charge on any atom is 0.259 e. The second-order valence-corrected chi connectivity index (χ2v) is 4.73. The minimum absolute atomic E-state index is 0.418. The van der Waals surface area contributed by atoms with E-state index in [9.17, 15) is 0 Å². The van der Waals surface area contributed by atoms with Gasteiger partial charge in [-0.15, -0.1) is 0 Å². The summed E-state index contributed by atoms with van der Waals surface area (Å²) in [5, 5.41) is 7.44. The largest absolute Gasteiger partial charge is 0.334 e. The van der Waals surface area contributed by atoms with Gasteiger partial charge in [-0.05, 0) is 44.5 Å². The van der Waals surface area contributed by atoms with Crippen molar-refractivity contribution < 1.29 is 4.52 Å². The average Bonchev–Trinajstić information content (AvgIpc) is 2.89.